The summed E-state index contributed by atoms with van der Waals surface area (Å²) in [6.07, 6.45) is 0. The first-order chi connectivity index (χ1) is 6.33. The molecule has 0 N–H and O–H groups in total. The monoisotopic (exact) mass is 260 g/mol. The molecule has 0 amide bonds. The summed E-state index contributed by atoms with van der Waals surface area (Å²) in [6.45, 7) is 13.8. The fourth-order valence-corrected chi connectivity index (χ4v) is 1.90. The SMILES string of the molecule is [CH2-]COC[CH2-].[CH2-]CSCCSCC.[K+]. The number of ether oxygens (including phenoxy) is 1. The van der Waals surface area contributed by atoms with Crippen molar-refractivity contribution in [2.45, 2.75) is 6.92 Å². The predicted octanol–water partition coefficient (Wildman–Crippen LogP) is -0.0180. The zero-order chi connectivity index (χ0) is 10.4. The Kier molecular flexibility index (Phi) is 37.7. The Hall–Kier alpha value is 2.30. The Bertz CT molecular complexity index is 67.1. The van der Waals surface area contributed by atoms with Crippen LogP contribution in [0.15, 0.2) is 0 Å². The van der Waals surface area contributed by atoms with E-state index in [9.17, 15) is 0 Å². The summed E-state index contributed by atoms with van der Waals surface area (Å²) in [5.74, 6) is 4.82. The van der Waals surface area contributed by atoms with E-state index in [1.54, 1.807) is 0 Å². The number of thioether (sulfide) groups is 2. The maximum Gasteiger partial charge on any atom is 1.00 e. The van der Waals surface area contributed by atoms with E-state index in [1.807, 2.05) is 23.5 Å². The van der Waals surface area contributed by atoms with Gasteiger partial charge in [0.25, 0.3) is 0 Å². The van der Waals surface area contributed by atoms with E-state index in [-0.39, 0.29) is 51.4 Å². The fraction of sp³-hybridized carbons (Fsp3) is 0.700. The first-order valence-corrected chi connectivity index (χ1v) is 6.75. The molecule has 0 aliphatic carbocycles. The van der Waals surface area contributed by atoms with Gasteiger partial charge in [-0.25, -0.2) is 0 Å². The van der Waals surface area contributed by atoms with Gasteiger partial charge in [0.1, 0.15) is 0 Å². The molecule has 0 unspecified atom stereocenters. The van der Waals surface area contributed by atoms with Gasteiger partial charge < -0.3 is 25.5 Å². The summed E-state index contributed by atoms with van der Waals surface area (Å²) in [7, 11) is 0. The van der Waals surface area contributed by atoms with E-state index in [0.717, 1.165) is 5.75 Å². The fourth-order valence-electron chi connectivity index (χ4n) is 0.466. The molecule has 0 atom stereocenters. The topological polar surface area (TPSA) is 9.23 Å². The van der Waals surface area contributed by atoms with Gasteiger partial charge >= 0.3 is 51.4 Å². The van der Waals surface area contributed by atoms with Gasteiger partial charge in [-0.2, -0.15) is 23.5 Å². The van der Waals surface area contributed by atoms with E-state index in [1.165, 1.54) is 17.3 Å². The number of rotatable bonds is 7. The quantitative estimate of drug-likeness (QED) is 0.362. The van der Waals surface area contributed by atoms with E-state index >= 15 is 0 Å². The van der Waals surface area contributed by atoms with Crippen molar-refractivity contribution in [3.05, 3.63) is 20.8 Å². The molecule has 0 heterocycles. The molecule has 0 aliphatic heterocycles. The standard InChI is InChI=1S/C6H13S2.C4H8O.K/c1-3-7-5-6-8-4-2;1-3-5-4-2;/h1,3-6H2,2H3;1-4H2;/q-1;-2;+1. The Labute approximate surface area is 141 Å². The smallest absolute Gasteiger partial charge is 0.445 e. The zero-order valence-electron chi connectivity index (χ0n) is 9.59. The molecule has 1 nitrogen and oxygen atoms in total. The van der Waals surface area contributed by atoms with Crippen molar-refractivity contribution in [2.75, 3.05) is 36.2 Å². The third-order valence-electron chi connectivity index (χ3n) is 1.01. The first-order valence-electron chi connectivity index (χ1n) is 4.44. The molecule has 0 aromatic heterocycles. The van der Waals surface area contributed by atoms with Crippen LogP contribution in [0.25, 0.3) is 0 Å². The minimum Gasteiger partial charge on any atom is -0.445 e. The number of hydrogen-bond donors (Lipinski definition) is 0. The molecule has 0 rings (SSSR count). The van der Waals surface area contributed by atoms with Crippen LogP contribution in [0.4, 0.5) is 0 Å². The van der Waals surface area contributed by atoms with Crippen LogP contribution >= 0.6 is 23.5 Å². The van der Waals surface area contributed by atoms with Crippen LogP contribution in [0, 0.1) is 20.8 Å². The van der Waals surface area contributed by atoms with Gasteiger partial charge in [-0.05, 0) is 11.5 Å². The van der Waals surface area contributed by atoms with Crippen molar-refractivity contribution >= 4 is 23.5 Å². The normalized spacial score (nSPS) is 8.57. The van der Waals surface area contributed by atoms with E-state index < -0.39 is 0 Å². The Morgan fingerprint density at radius 3 is 1.79 bits per heavy atom. The maximum absolute atomic E-state index is 4.61. The van der Waals surface area contributed by atoms with Gasteiger partial charge in [-0.1, -0.05) is 20.1 Å². The summed E-state index contributed by atoms with van der Waals surface area (Å²) in [5.41, 5.74) is 0. The first kappa shape index (κ1) is 21.6. The van der Waals surface area contributed by atoms with Gasteiger partial charge in [-0.15, -0.1) is 5.75 Å². The average molecular weight is 261 g/mol. The van der Waals surface area contributed by atoms with Gasteiger partial charge in [-0.3, -0.25) is 0 Å². The summed E-state index contributed by atoms with van der Waals surface area (Å²) < 4.78 is 4.61. The molecule has 14 heavy (non-hydrogen) atoms. The molecule has 0 bridgehead atoms. The van der Waals surface area contributed by atoms with Crippen LogP contribution in [0.2, 0.25) is 0 Å². The molecule has 0 saturated heterocycles. The van der Waals surface area contributed by atoms with Crippen molar-refractivity contribution in [3.63, 3.8) is 0 Å². The van der Waals surface area contributed by atoms with Gasteiger partial charge in [0.2, 0.25) is 0 Å². The second-order valence-corrected chi connectivity index (χ2v) is 4.54. The minimum atomic E-state index is 0. The largest absolute Gasteiger partial charge is 1.00 e. The van der Waals surface area contributed by atoms with E-state index in [2.05, 4.69) is 32.4 Å². The third-order valence-corrected chi connectivity index (χ3v) is 2.95. The molecule has 0 spiro atoms. The Balaban J connectivity index is -0.000000177. The molecule has 82 valence electrons. The van der Waals surface area contributed by atoms with E-state index in [0.29, 0.717) is 13.2 Å². The summed E-state index contributed by atoms with van der Waals surface area (Å²) in [6, 6.07) is 0. The Morgan fingerprint density at radius 2 is 1.50 bits per heavy atom. The van der Waals surface area contributed by atoms with Crippen molar-refractivity contribution in [1.82, 2.24) is 0 Å². The molecule has 0 fully saturated rings. The van der Waals surface area contributed by atoms with Crippen LogP contribution in [-0.2, 0) is 4.74 Å². The third kappa shape index (κ3) is 29.2. The zero-order valence-corrected chi connectivity index (χ0v) is 14.3. The van der Waals surface area contributed by atoms with Crippen molar-refractivity contribution in [1.29, 1.82) is 0 Å². The van der Waals surface area contributed by atoms with Gasteiger partial charge in [0, 0.05) is 5.75 Å². The molecule has 0 aliphatic rings. The maximum atomic E-state index is 4.61. The van der Waals surface area contributed by atoms with Crippen LogP contribution in [-0.4, -0.2) is 36.2 Å². The second-order valence-electron chi connectivity index (χ2n) is 1.92. The van der Waals surface area contributed by atoms with Gasteiger partial charge in [0.05, 0.1) is 0 Å². The van der Waals surface area contributed by atoms with Gasteiger partial charge in [0.15, 0.2) is 0 Å². The second kappa shape index (κ2) is 24.5. The van der Waals surface area contributed by atoms with E-state index in [4.69, 9.17) is 0 Å². The molecule has 0 aromatic carbocycles. The molecular weight excluding hydrogens is 239 g/mol. The minimum absolute atomic E-state index is 0. The van der Waals surface area contributed by atoms with Crippen LogP contribution in [0.5, 0.6) is 0 Å². The van der Waals surface area contributed by atoms with Crippen molar-refractivity contribution in [2.24, 2.45) is 0 Å². The van der Waals surface area contributed by atoms with Crippen LogP contribution in [0.3, 0.4) is 0 Å². The average Bonchev–Trinajstić information content (AvgIpc) is 2.15. The summed E-state index contributed by atoms with van der Waals surface area (Å²) in [4.78, 5) is 0. The summed E-state index contributed by atoms with van der Waals surface area (Å²) in [5, 5.41) is 0. The molecular formula is C10H21KOS2-2. The number of hydrogen-bond acceptors (Lipinski definition) is 3. The molecule has 4 heteroatoms. The van der Waals surface area contributed by atoms with Crippen molar-refractivity contribution in [3.8, 4) is 0 Å². The van der Waals surface area contributed by atoms with Crippen LogP contribution < -0.4 is 51.4 Å². The molecule has 0 aromatic rings. The predicted molar refractivity (Wildman–Crippen MR) is 67.2 cm³/mol. The molecule has 0 saturated carbocycles. The van der Waals surface area contributed by atoms with Crippen molar-refractivity contribution < 1.29 is 56.1 Å². The Morgan fingerprint density at radius 1 is 1.00 bits per heavy atom. The summed E-state index contributed by atoms with van der Waals surface area (Å²) >= 11 is 3.92. The molecule has 0 radical (unpaired) electrons. The van der Waals surface area contributed by atoms with Crippen LogP contribution in [0.1, 0.15) is 6.92 Å².